The van der Waals surface area contributed by atoms with Crippen molar-refractivity contribution in [1.82, 2.24) is 0 Å². The number of carbonyl (C=O) groups is 2. The molecule has 0 N–H and O–H groups in total. The van der Waals surface area contributed by atoms with Crippen molar-refractivity contribution < 1.29 is 19.1 Å². The molecule has 4 nitrogen and oxygen atoms in total. The Balaban J connectivity index is 1.46. The van der Waals surface area contributed by atoms with E-state index < -0.39 is 17.6 Å². The molecule has 3 fully saturated rings. The lowest BCUT2D eigenvalue weighted by molar-refractivity contribution is -0.238. The summed E-state index contributed by atoms with van der Waals surface area (Å²) in [5.74, 6) is -0.117. The molecule has 0 radical (unpaired) electrons. The van der Waals surface area contributed by atoms with Gasteiger partial charge in [-0.15, -0.1) is 0 Å². The van der Waals surface area contributed by atoms with Crippen LogP contribution < -0.4 is 0 Å². The van der Waals surface area contributed by atoms with Gasteiger partial charge in [-0.2, -0.15) is 0 Å². The Morgan fingerprint density at radius 1 is 0.721 bits per heavy atom. The van der Waals surface area contributed by atoms with Gasteiger partial charge in [0.15, 0.2) is 0 Å². The molecule has 43 heavy (non-hydrogen) atoms. The lowest BCUT2D eigenvalue weighted by Gasteiger charge is -2.68. The Morgan fingerprint density at radius 2 is 1.28 bits per heavy atom. The zero-order valence-electron chi connectivity index (χ0n) is 25.3. The van der Waals surface area contributed by atoms with Crippen molar-refractivity contribution in [3.63, 3.8) is 0 Å². The minimum Gasteiger partial charge on any atom is -0.454 e. The van der Waals surface area contributed by atoms with E-state index in [2.05, 4.69) is 57.2 Å². The van der Waals surface area contributed by atoms with E-state index in [-0.39, 0.29) is 35.1 Å². The van der Waals surface area contributed by atoms with E-state index in [9.17, 15) is 9.59 Å². The highest BCUT2D eigenvalue weighted by molar-refractivity contribution is 5.94. The van der Waals surface area contributed by atoms with Gasteiger partial charge in [0.1, 0.15) is 12.2 Å². The first-order valence-electron chi connectivity index (χ1n) is 16.0. The maximum absolute atomic E-state index is 13.9. The molecule has 4 aliphatic rings. The van der Waals surface area contributed by atoms with Crippen molar-refractivity contribution in [2.45, 2.75) is 76.9 Å². The molecule has 2 bridgehead atoms. The normalized spacial score (nSPS) is 29.2. The summed E-state index contributed by atoms with van der Waals surface area (Å²) in [4.78, 5) is 27.9. The maximum Gasteiger partial charge on any atom is 0.338 e. The van der Waals surface area contributed by atoms with Crippen molar-refractivity contribution in [3.8, 4) is 0 Å². The van der Waals surface area contributed by atoms with Crippen LogP contribution in [0.3, 0.4) is 0 Å². The van der Waals surface area contributed by atoms with Crippen LogP contribution >= 0.6 is 0 Å². The fourth-order valence-corrected chi connectivity index (χ4v) is 9.47. The zero-order chi connectivity index (χ0) is 29.8. The highest BCUT2D eigenvalue weighted by atomic mass is 16.6. The zero-order valence-corrected chi connectivity index (χ0v) is 25.3. The van der Waals surface area contributed by atoms with E-state index in [1.807, 2.05) is 36.4 Å². The van der Waals surface area contributed by atoms with Gasteiger partial charge in [0.2, 0.25) is 0 Å². The topological polar surface area (TPSA) is 52.6 Å². The van der Waals surface area contributed by atoms with Crippen LogP contribution in [0, 0.1) is 16.7 Å². The fourth-order valence-electron chi connectivity index (χ4n) is 9.47. The number of benzene rings is 4. The average Bonchev–Trinajstić information content (AvgIpc) is 3.41. The summed E-state index contributed by atoms with van der Waals surface area (Å²) in [6, 6.07) is 31.9. The summed E-state index contributed by atoms with van der Waals surface area (Å²) < 4.78 is 13.5. The molecule has 0 aromatic heterocycles. The second-order valence-corrected chi connectivity index (χ2v) is 13.0. The second-order valence-electron chi connectivity index (χ2n) is 13.0. The third-order valence-corrected chi connectivity index (χ3v) is 11.3. The number of carbonyl (C=O) groups excluding carboxylic acids is 2. The van der Waals surface area contributed by atoms with Gasteiger partial charge in [0.25, 0.3) is 0 Å². The van der Waals surface area contributed by atoms with Crippen molar-refractivity contribution in [1.29, 1.82) is 0 Å². The summed E-state index contributed by atoms with van der Waals surface area (Å²) in [5.41, 5.74) is 3.02. The van der Waals surface area contributed by atoms with Crippen LogP contribution in [0.1, 0.15) is 96.6 Å². The SMILES string of the molecule is CCCC12CCC([C@@H](C)CC)(C(OC(=O)c3ccccc3)C1OC(=O)c1ccccc1)C1c3cccc4cccc(c34)C12. The predicted molar refractivity (Wildman–Crippen MR) is 169 cm³/mol. The molecule has 0 heterocycles. The molecule has 0 aliphatic heterocycles. The van der Waals surface area contributed by atoms with Gasteiger partial charge in [-0.25, -0.2) is 9.59 Å². The first-order valence-corrected chi connectivity index (χ1v) is 16.0. The number of hydrogen-bond acceptors (Lipinski definition) is 4. The van der Waals surface area contributed by atoms with Crippen molar-refractivity contribution in [2.75, 3.05) is 0 Å². The molecule has 4 aromatic carbocycles. The molecule has 0 spiro atoms. The molecule has 8 rings (SSSR count). The molecule has 0 amide bonds. The van der Waals surface area contributed by atoms with Crippen LogP contribution in [0.25, 0.3) is 10.8 Å². The third kappa shape index (κ3) is 4.02. The summed E-state index contributed by atoms with van der Waals surface area (Å²) in [5, 5.41) is 2.60. The van der Waals surface area contributed by atoms with Gasteiger partial charge in [-0.3, -0.25) is 0 Å². The predicted octanol–water partition coefficient (Wildman–Crippen LogP) is 9.10. The molecule has 4 aliphatic carbocycles. The number of fused-ring (bicyclic) bond motifs is 2. The Kier molecular flexibility index (Phi) is 6.91. The molecule has 4 heteroatoms. The average molecular weight is 573 g/mol. The third-order valence-electron chi connectivity index (χ3n) is 11.3. The van der Waals surface area contributed by atoms with E-state index in [1.54, 1.807) is 24.3 Å². The Labute approximate surface area is 254 Å². The Hall–Kier alpha value is -3.92. The highest BCUT2D eigenvalue weighted by Gasteiger charge is 2.74. The summed E-state index contributed by atoms with van der Waals surface area (Å²) >= 11 is 0. The second kappa shape index (κ2) is 10.7. The van der Waals surface area contributed by atoms with Crippen LogP contribution in [0.2, 0.25) is 0 Å². The first kappa shape index (κ1) is 27.9. The first-order chi connectivity index (χ1) is 21.0. The van der Waals surface area contributed by atoms with E-state index in [0.29, 0.717) is 11.1 Å². The van der Waals surface area contributed by atoms with Gasteiger partial charge in [0, 0.05) is 22.7 Å². The van der Waals surface area contributed by atoms with E-state index >= 15 is 0 Å². The number of hydrogen-bond donors (Lipinski definition) is 0. The van der Waals surface area contributed by atoms with E-state index in [1.165, 1.54) is 21.9 Å². The number of rotatable bonds is 8. The monoisotopic (exact) mass is 572 g/mol. The van der Waals surface area contributed by atoms with Crippen molar-refractivity contribution in [3.05, 3.63) is 119 Å². The minimum atomic E-state index is -0.575. The molecule has 4 aromatic rings. The van der Waals surface area contributed by atoms with Gasteiger partial charge >= 0.3 is 11.9 Å². The molecule has 3 saturated carbocycles. The fraction of sp³-hybridized carbons (Fsp3) is 0.385. The van der Waals surface area contributed by atoms with E-state index in [4.69, 9.17) is 9.47 Å². The van der Waals surface area contributed by atoms with Crippen LogP contribution in [0.4, 0.5) is 0 Å². The van der Waals surface area contributed by atoms with Gasteiger partial charge in [0.05, 0.1) is 11.1 Å². The molecular weight excluding hydrogens is 532 g/mol. The standard InChI is InChI=1S/C39H40O4/c1-4-22-38-23-24-39(25(3)5-2,33-30-21-13-19-26-18-12-20-29(31(26)30)32(33)38)35(43-37(41)28-16-10-7-11-17-28)34(38)42-36(40)27-14-8-6-9-15-27/h6-21,25,32-35H,4-5,22-24H2,1-3H3/t25-,32?,33?,34?,35?,38?,39?/m0/s1. The molecule has 6 unspecified atom stereocenters. The molecular formula is C39H40O4. The molecule has 0 saturated heterocycles. The van der Waals surface area contributed by atoms with Gasteiger partial charge < -0.3 is 9.47 Å². The summed E-state index contributed by atoms with van der Waals surface area (Å²) in [6.45, 7) is 6.77. The number of ether oxygens (including phenoxy) is 2. The smallest absolute Gasteiger partial charge is 0.338 e. The van der Waals surface area contributed by atoms with Crippen LogP contribution in [-0.4, -0.2) is 24.1 Å². The minimum absolute atomic E-state index is 0.170. The van der Waals surface area contributed by atoms with Crippen LogP contribution in [-0.2, 0) is 9.47 Å². The summed E-state index contributed by atoms with van der Waals surface area (Å²) in [6.07, 6.45) is 3.50. The van der Waals surface area contributed by atoms with Gasteiger partial charge in [-0.1, -0.05) is 106 Å². The van der Waals surface area contributed by atoms with Crippen molar-refractivity contribution in [2.24, 2.45) is 16.7 Å². The number of esters is 2. The van der Waals surface area contributed by atoms with Crippen molar-refractivity contribution >= 4 is 22.7 Å². The molecule has 220 valence electrons. The molecule has 7 atom stereocenters. The largest absolute Gasteiger partial charge is 0.454 e. The maximum atomic E-state index is 13.9. The lowest BCUT2D eigenvalue weighted by Crippen LogP contribution is -2.70. The van der Waals surface area contributed by atoms with Gasteiger partial charge in [-0.05, 0) is 71.3 Å². The van der Waals surface area contributed by atoms with Crippen LogP contribution in [0.5, 0.6) is 0 Å². The van der Waals surface area contributed by atoms with E-state index in [0.717, 1.165) is 32.1 Å². The quantitative estimate of drug-likeness (QED) is 0.198. The summed E-state index contributed by atoms with van der Waals surface area (Å²) in [7, 11) is 0. The Bertz CT molecular complexity index is 1660. The Morgan fingerprint density at radius 3 is 1.84 bits per heavy atom. The van der Waals surface area contributed by atoms with Crippen LogP contribution in [0.15, 0.2) is 97.1 Å². The lowest BCUT2D eigenvalue weighted by atomic mass is 9.38. The highest BCUT2D eigenvalue weighted by Crippen LogP contribution is 2.76.